The molecule has 0 aliphatic rings. The summed E-state index contributed by atoms with van der Waals surface area (Å²) in [4.78, 5) is 28.0. The second-order valence-corrected chi connectivity index (χ2v) is 8.25. The number of rotatable bonds is 7. The van der Waals surface area contributed by atoms with E-state index >= 15 is 0 Å². The van der Waals surface area contributed by atoms with Crippen LogP contribution in [0.5, 0.6) is 0 Å². The number of nitro groups is 1. The zero-order valence-corrected chi connectivity index (χ0v) is 18.3. The minimum absolute atomic E-state index is 0.0339. The quantitative estimate of drug-likeness (QED) is 0.199. The van der Waals surface area contributed by atoms with Gasteiger partial charge in [0.15, 0.2) is 5.82 Å². The molecule has 0 fully saturated rings. The zero-order chi connectivity index (χ0) is 23.4. The highest BCUT2D eigenvalue weighted by molar-refractivity contribution is 8.00. The average Bonchev–Trinajstić information content (AvgIpc) is 3.28. The molecule has 0 aliphatic heterocycles. The lowest BCUT2D eigenvalue weighted by Crippen LogP contribution is -2.19. The van der Waals surface area contributed by atoms with Gasteiger partial charge in [0.25, 0.3) is 5.69 Å². The molecule has 4 aromatic rings. The highest BCUT2D eigenvalue weighted by atomic mass is 35.5. The Morgan fingerprint density at radius 1 is 1.12 bits per heavy atom. The van der Waals surface area contributed by atoms with Crippen LogP contribution in [0.2, 0.25) is 5.02 Å². The Kier molecular flexibility index (Phi) is 6.66. The molecule has 0 saturated heterocycles. The molecule has 33 heavy (non-hydrogen) atoms. The number of aromatic nitrogens is 3. The number of amides is 1. The number of halogens is 2. The molecule has 11 heteroatoms. The third kappa shape index (κ3) is 5.18. The molecule has 1 aromatic heterocycles. The lowest BCUT2D eigenvalue weighted by Gasteiger charge is -2.15. The number of thioether (sulfide) groups is 1. The van der Waals surface area contributed by atoms with E-state index in [-0.39, 0.29) is 32.9 Å². The van der Waals surface area contributed by atoms with Crippen molar-refractivity contribution >= 4 is 40.6 Å². The number of nitrogens with one attached hydrogen (secondary N) is 2. The van der Waals surface area contributed by atoms with Crippen LogP contribution >= 0.6 is 23.4 Å². The first-order valence-electron chi connectivity index (χ1n) is 9.56. The molecule has 2 N–H and O–H groups in total. The van der Waals surface area contributed by atoms with Gasteiger partial charge in [-0.3, -0.25) is 20.0 Å². The number of nitro benzene ring substituents is 1. The SMILES string of the molecule is O=C(Nc1ccc(Cl)c([N+](=O)[O-])c1)C(Sc1n[nH]c(-c2ccccc2F)n1)c1ccccc1. The number of benzene rings is 3. The maximum absolute atomic E-state index is 14.1. The molecule has 0 radical (unpaired) electrons. The second kappa shape index (κ2) is 9.80. The second-order valence-electron chi connectivity index (χ2n) is 6.77. The van der Waals surface area contributed by atoms with E-state index in [9.17, 15) is 19.3 Å². The van der Waals surface area contributed by atoms with Gasteiger partial charge in [0.05, 0.1) is 10.5 Å². The van der Waals surface area contributed by atoms with E-state index in [1.54, 1.807) is 42.5 Å². The lowest BCUT2D eigenvalue weighted by atomic mass is 10.1. The number of anilines is 1. The molecular formula is C22H15ClFN5O3S. The Hall–Kier alpha value is -3.76. The standard InChI is InChI=1S/C22H15ClFN5O3S/c23-16-11-10-14(12-18(16)29(31)32)25-21(30)19(13-6-2-1-3-7-13)33-22-26-20(27-28-22)15-8-4-5-9-17(15)24/h1-12,19H,(H,25,30)(H,26,27,28). The van der Waals surface area contributed by atoms with Crippen LogP contribution in [-0.4, -0.2) is 26.0 Å². The Morgan fingerprint density at radius 2 is 1.85 bits per heavy atom. The minimum atomic E-state index is -0.787. The van der Waals surface area contributed by atoms with Crippen LogP contribution in [-0.2, 0) is 4.79 Å². The number of carbonyl (C=O) groups excluding carboxylic acids is 1. The van der Waals surface area contributed by atoms with Crippen molar-refractivity contribution in [1.29, 1.82) is 0 Å². The van der Waals surface area contributed by atoms with Gasteiger partial charge in [-0.15, -0.1) is 5.10 Å². The zero-order valence-electron chi connectivity index (χ0n) is 16.7. The molecule has 1 atom stereocenters. The van der Waals surface area contributed by atoms with Crippen LogP contribution in [0, 0.1) is 15.9 Å². The fourth-order valence-electron chi connectivity index (χ4n) is 3.02. The van der Waals surface area contributed by atoms with Gasteiger partial charge in [-0.1, -0.05) is 65.8 Å². The third-order valence-electron chi connectivity index (χ3n) is 4.57. The van der Waals surface area contributed by atoms with Gasteiger partial charge in [0.1, 0.15) is 16.1 Å². The normalized spacial score (nSPS) is 11.7. The maximum Gasteiger partial charge on any atom is 0.289 e. The van der Waals surface area contributed by atoms with Gasteiger partial charge in [-0.25, -0.2) is 9.37 Å². The van der Waals surface area contributed by atoms with E-state index in [0.717, 1.165) is 11.8 Å². The van der Waals surface area contributed by atoms with Crippen molar-refractivity contribution in [2.45, 2.75) is 10.4 Å². The first-order valence-corrected chi connectivity index (χ1v) is 10.8. The van der Waals surface area contributed by atoms with E-state index in [2.05, 4.69) is 20.5 Å². The number of aromatic amines is 1. The summed E-state index contributed by atoms with van der Waals surface area (Å²) in [6.45, 7) is 0. The summed E-state index contributed by atoms with van der Waals surface area (Å²) in [6.07, 6.45) is 0. The van der Waals surface area contributed by atoms with Crippen molar-refractivity contribution in [3.8, 4) is 11.4 Å². The van der Waals surface area contributed by atoms with Gasteiger partial charge in [0.2, 0.25) is 11.1 Å². The predicted octanol–water partition coefficient (Wildman–Crippen LogP) is 5.64. The fraction of sp³-hybridized carbons (Fsp3) is 0.0455. The summed E-state index contributed by atoms with van der Waals surface area (Å²) in [5.74, 6) is -0.664. The number of hydrogen-bond donors (Lipinski definition) is 2. The van der Waals surface area contributed by atoms with Crippen LogP contribution in [0.15, 0.2) is 78.0 Å². The van der Waals surface area contributed by atoms with Crippen molar-refractivity contribution in [3.05, 3.63) is 99.3 Å². The molecule has 1 heterocycles. The molecule has 0 saturated carbocycles. The highest BCUT2D eigenvalue weighted by Crippen LogP contribution is 2.36. The molecule has 0 bridgehead atoms. The molecule has 166 valence electrons. The smallest absolute Gasteiger partial charge is 0.289 e. The summed E-state index contributed by atoms with van der Waals surface area (Å²) < 4.78 is 14.1. The van der Waals surface area contributed by atoms with E-state index in [4.69, 9.17) is 11.6 Å². The number of H-pyrrole nitrogens is 1. The summed E-state index contributed by atoms with van der Waals surface area (Å²) >= 11 is 6.91. The largest absolute Gasteiger partial charge is 0.325 e. The lowest BCUT2D eigenvalue weighted by molar-refractivity contribution is -0.384. The number of nitrogens with zero attached hydrogens (tertiary/aromatic N) is 3. The number of carbonyl (C=O) groups is 1. The summed E-state index contributed by atoms with van der Waals surface area (Å²) in [6, 6.07) is 19.1. The molecule has 8 nitrogen and oxygen atoms in total. The molecule has 1 amide bonds. The predicted molar refractivity (Wildman–Crippen MR) is 124 cm³/mol. The third-order valence-corrected chi connectivity index (χ3v) is 6.00. The Morgan fingerprint density at radius 3 is 2.58 bits per heavy atom. The van der Waals surface area contributed by atoms with E-state index in [1.165, 1.54) is 24.3 Å². The summed E-state index contributed by atoms with van der Waals surface area (Å²) in [7, 11) is 0. The molecule has 0 aliphatic carbocycles. The molecular weight excluding hydrogens is 469 g/mol. The maximum atomic E-state index is 14.1. The minimum Gasteiger partial charge on any atom is -0.325 e. The van der Waals surface area contributed by atoms with E-state index < -0.39 is 21.9 Å². The molecule has 1 unspecified atom stereocenters. The first-order chi connectivity index (χ1) is 15.9. The molecule has 4 rings (SSSR count). The average molecular weight is 484 g/mol. The van der Waals surface area contributed by atoms with Crippen molar-refractivity contribution in [2.24, 2.45) is 0 Å². The Labute approximate surface area is 196 Å². The topological polar surface area (TPSA) is 114 Å². The van der Waals surface area contributed by atoms with Crippen LogP contribution in [0.1, 0.15) is 10.8 Å². The summed E-state index contributed by atoms with van der Waals surface area (Å²) in [5, 5.41) is 20.1. The van der Waals surface area contributed by atoms with Crippen LogP contribution in [0.25, 0.3) is 11.4 Å². The van der Waals surface area contributed by atoms with Gasteiger partial charge in [-0.2, -0.15) is 0 Å². The fourth-order valence-corrected chi connectivity index (χ4v) is 4.12. The van der Waals surface area contributed by atoms with Crippen molar-refractivity contribution in [1.82, 2.24) is 15.2 Å². The Balaban J connectivity index is 1.60. The summed E-state index contributed by atoms with van der Waals surface area (Å²) in [5.41, 5.74) is 0.827. The van der Waals surface area contributed by atoms with Crippen LogP contribution in [0.3, 0.4) is 0 Å². The molecule has 3 aromatic carbocycles. The van der Waals surface area contributed by atoms with Gasteiger partial charge < -0.3 is 5.32 Å². The van der Waals surface area contributed by atoms with Gasteiger partial charge in [0, 0.05) is 11.8 Å². The number of hydrogen-bond acceptors (Lipinski definition) is 6. The van der Waals surface area contributed by atoms with Crippen molar-refractivity contribution in [3.63, 3.8) is 0 Å². The Bertz CT molecular complexity index is 1320. The monoisotopic (exact) mass is 483 g/mol. The molecule has 0 spiro atoms. The van der Waals surface area contributed by atoms with Crippen LogP contribution < -0.4 is 5.32 Å². The van der Waals surface area contributed by atoms with E-state index in [0.29, 0.717) is 5.56 Å². The van der Waals surface area contributed by atoms with Crippen molar-refractivity contribution < 1.29 is 14.1 Å². The van der Waals surface area contributed by atoms with Gasteiger partial charge >= 0.3 is 0 Å². The van der Waals surface area contributed by atoms with Crippen LogP contribution in [0.4, 0.5) is 15.8 Å². The first kappa shape index (κ1) is 22.4. The van der Waals surface area contributed by atoms with Gasteiger partial charge in [-0.05, 0) is 29.8 Å². The van der Waals surface area contributed by atoms with E-state index in [1.807, 2.05) is 6.07 Å². The highest BCUT2D eigenvalue weighted by Gasteiger charge is 2.25. The van der Waals surface area contributed by atoms with Crippen molar-refractivity contribution in [2.75, 3.05) is 5.32 Å².